The summed E-state index contributed by atoms with van der Waals surface area (Å²) in [7, 11) is 0. The van der Waals surface area contributed by atoms with Gasteiger partial charge in [0.2, 0.25) is 5.91 Å². The van der Waals surface area contributed by atoms with Crippen LogP contribution in [0.1, 0.15) is 38.2 Å². The molecule has 2 aromatic carbocycles. The molecular formula is C24H28N2O5. The molecule has 0 aliphatic carbocycles. The zero-order chi connectivity index (χ0) is 22.3. The van der Waals surface area contributed by atoms with Gasteiger partial charge in [-0.05, 0) is 37.3 Å². The lowest BCUT2D eigenvalue weighted by Crippen LogP contribution is -2.56. The molecule has 1 amide bonds. The van der Waals surface area contributed by atoms with E-state index in [0.717, 1.165) is 29.5 Å². The molecule has 1 fully saturated rings. The summed E-state index contributed by atoms with van der Waals surface area (Å²) in [6.45, 7) is 2.24. The lowest BCUT2D eigenvalue weighted by molar-refractivity contribution is -0.140. The third kappa shape index (κ3) is 5.57. The maximum absolute atomic E-state index is 12.7. The van der Waals surface area contributed by atoms with Gasteiger partial charge in [0.25, 0.3) is 0 Å². The van der Waals surface area contributed by atoms with Crippen LogP contribution in [0.15, 0.2) is 54.6 Å². The first-order chi connectivity index (χ1) is 14.9. The van der Waals surface area contributed by atoms with E-state index in [0.29, 0.717) is 19.3 Å². The molecule has 7 heteroatoms. The number of carbonyl (C=O) groups excluding carboxylic acids is 2. The Bertz CT molecular complexity index is 909. The molecule has 0 radical (unpaired) electrons. The van der Waals surface area contributed by atoms with Crippen molar-refractivity contribution >= 4 is 18.2 Å². The van der Waals surface area contributed by atoms with Crippen LogP contribution in [0.25, 0.3) is 11.1 Å². The highest BCUT2D eigenvalue weighted by molar-refractivity contribution is 5.86. The van der Waals surface area contributed by atoms with Crippen LogP contribution in [0.2, 0.25) is 0 Å². The second kappa shape index (κ2) is 10.3. The minimum absolute atomic E-state index is 0.441. The summed E-state index contributed by atoms with van der Waals surface area (Å²) in [6, 6.07) is 16.2. The molecule has 0 saturated carbocycles. The number of carbonyl (C=O) groups is 3. The lowest BCUT2D eigenvalue weighted by Gasteiger charge is -2.41. The monoisotopic (exact) mass is 424 g/mol. The van der Waals surface area contributed by atoms with Gasteiger partial charge in [0.1, 0.15) is 12.0 Å². The number of hydrogen-bond donors (Lipinski definition) is 3. The van der Waals surface area contributed by atoms with Crippen molar-refractivity contribution in [3.63, 3.8) is 0 Å². The molecule has 3 atom stereocenters. The second-order valence-corrected chi connectivity index (χ2v) is 7.76. The number of amides is 1. The molecule has 3 rings (SSSR count). The predicted octanol–water partition coefficient (Wildman–Crippen LogP) is 2.84. The third-order valence-corrected chi connectivity index (χ3v) is 5.45. The van der Waals surface area contributed by atoms with E-state index in [1.165, 1.54) is 0 Å². The smallest absolute Gasteiger partial charge is 0.305 e. The van der Waals surface area contributed by atoms with Crippen molar-refractivity contribution in [3.8, 4) is 11.1 Å². The van der Waals surface area contributed by atoms with E-state index >= 15 is 0 Å². The highest BCUT2D eigenvalue weighted by atomic mass is 16.5. The van der Waals surface area contributed by atoms with Gasteiger partial charge in [0.05, 0.1) is 18.5 Å². The number of rotatable bonds is 9. The predicted molar refractivity (Wildman–Crippen MR) is 116 cm³/mol. The highest BCUT2D eigenvalue weighted by Gasteiger charge is 2.39. The molecule has 1 saturated heterocycles. The number of hydrogen-bond acceptors (Lipinski definition) is 5. The fourth-order valence-corrected chi connectivity index (χ4v) is 3.95. The van der Waals surface area contributed by atoms with E-state index in [1.807, 2.05) is 54.6 Å². The van der Waals surface area contributed by atoms with Gasteiger partial charge in [-0.1, -0.05) is 54.6 Å². The Hall–Kier alpha value is -3.03. The number of aliphatic carboxylic acids is 1. The Balaban J connectivity index is 1.88. The third-order valence-electron chi connectivity index (χ3n) is 5.45. The lowest BCUT2D eigenvalue weighted by atomic mass is 9.87. The molecule has 1 unspecified atom stereocenters. The first-order valence-corrected chi connectivity index (χ1v) is 10.5. The molecule has 1 aliphatic heterocycles. The zero-order valence-electron chi connectivity index (χ0n) is 17.5. The van der Waals surface area contributed by atoms with E-state index in [4.69, 9.17) is 9.84 Å². The van der Waals surface area contributed by atoms with Crippen LogP contribution in [0, 0.1) is 0 Å². The first-order valence-electron chi connectivity index (χ1n) is 10.5. The summed E-state index contributed by atoms with van der Waals surface area (Å²) < 4.78 is 6.28. The van der Waals surface area contributed by atoms with Crippen LogP contribution >= 0.6 is 0 Å². The van der Waals surface area contributed by atoms with Crippen molar-refractivity contribution in [2.24, 2.45) is 0 Å². The quantitative estimate of drug-likeness (QED) is 0.535. The molecule has 2 aromatic rings. The van der Waals surface area contributed by atoms with Crippen LogP contribution < -0.4 is 10.6 Å². The van der Waals surface area contributed by atoms with Crippen molar-refractivity contribution in [3.05, 3.63) is 60.2 Å². The molecule has 7 nitrogen and oxygen atoms in total. The number of carboxylic acids is 1. The topological polar surface area (TPSA) is 105 Å². The van der Waals surface area contributed by atoms with Crippen LogP contribution in [-0.4, -0.2) is 42.0 Å². The van der Waals surface area contributed by atoms with Crippen LogP contribution in [0.4, 0.5) is 0 Å². The largest absolute Gasteiger partial charge is 0.481 e. The summed E-state index contributed by atoms with van der Waals surface area (Å²) in [5.74, 6) is -1.61. The Morgan fingerprint density at radius 2 is 1.84 bits per heavy atom. The second-order valence-electron chi connectivity index (χ2n) is 7.76. The normalized spacial score (nSPS) is 20.4. The number of ether oxygens (including phenoxy) is 1. The molecule has 1 heterocycles. The Kier molecular flexibility index (Phi) is 7.55. The van der Waals surface area contributed by atoms with Gasteiger partial charge >= 0.3 is 5.97 Å². The summed E-state index contributed by atoms with van der Waals surface area (Å²) in [6.07, 6.45) is 2.53. The maximum atomic E-state index is 12.7. The van der Waals surface area contributed by atoms with E-state index < -0.39 is 36.1 Å². The maximum Gasteiger partial charge on any atom is 0.305 e. The van der Waals surface area contributed by atoms with Gasteiger partial charge in [-0.25, -0.2) is 0 Å². The number of carboxylic acid groups (broad SMARTS) is 1. The van der Waals surface area contributed by atoms with Gasteiger partial charge in [0.15, 0.2) is 0 Å². The Labute approximate surface area is 181 Å². The molecule has 3 N–H and O–H groups in total. The zero-order valence-corrected chi connectivity index (χ0v) is 17.5. The molecule has 164 valence electrons. The van der Waals surface area contributed by atoms with Gasteiger partial charge in [-0.2, -0.15) is 0 Å². The van der Waals surface area contributed by atoms with E-state index in [9.17, 15) is 14.4 Å². The molecule has 1 aliphatic rings. The summed E-state index contributed by atoms with van der Waals surface area (Å²) in [5, 5.41) is 14.8. The average molecular weight is 424 g/mol. The van der Waals surface area contributed by atoms with Gasteiger partial charge in [-0.3, -0.25) is 14.9 Å². The number of nitrogens with one attached hydrogen (secondary N) is 2. The highest BCUT2D eigenvalue weighted by Crippen LogP contribution is 2.38. The fraction of sp³-hybridized carbons (Fsp3) is 0.375. The number of aldehydes is 1. The Morgan fingerprint density at radius 1 is 1.13 bits per heavy atom. The first kappa shape index (κ1) is 22.7. The summed E-state index contributed by atoms with van der Waals surface area (Å²) >= 11 is 0. The standard InChI is InChI=1S/C24H28N2O5/c1-17(23(30)25-19(16-27)15-22(28)29)26-24(13-7-8-14-31-24)21-12-6-5-11-20(21)18-9-3-2-4-10-18/h2-6,9-12,16-17,19,26H,7-8,13-15H2,1H3,(H,25,30)(H,28,29)/t17-,19-,24?/m0/s1. The fourth-order valence-electron chi connectivity index (χ4n) is 3.95. The molecule has 0 bridgehead atoms. The SMILES string of the molecule is C[C@H](NC1(c2ccccc2-c2ccccc2)CCCCO1)C(=O)N[C@H](C=O)CC(=O)O. The Morgan fingerprint density at radius 3 is 2.48 bits per heavy atom. The minimum Gasteiger partial charge on any atom is -0.481 e. The van der Waals surface area contributed by atoms with Gasteiger partial charge < -0.3 is 20.0 Å². The van der Waals surface area contributed by atoms with E-state index in [1.54, 1.807) is 6.92 Å². The van der Waals surface area contributed by atoms with Crippen molar-refractivity contribution in [1.29, 1.82) is 0 Å². The summed E-state index contributed by atoms with van der Waals surface area (Å²) in [5.41, 5.74) is 2.14. The van der Waals surface area contributed by atoms with E-state index in [2.05, 4.69) is 10.6 Å². The molecule has 0 spiro atoms. The molecule has 0 aromatic heterocycles. The minimum atomic E-state index is -1.15. The van der Waals surface area contributed by atoms with E-state index in [-0.39, 0.29) is 0 Å². The van der Waals surface area contributed by atoms with Gasteiger partial charge in [-0.15, -0.1) is 0 Å². The van der Waals surface area contributed by atoms with Gasteiger partial charge in [0, 0.05) is 12.2 Å². The van der Waals surface area contributed by atoms with Crippen molar-refractivity contribution in [2.75, 3.05) is 6.61 Å². The molecular weight excluding hydrogens is 396 g/mol. The van der Waals surface area contributed by atoms with Crippen LogP contribution in [0.3, 0.4) is 0 Å². The van der Waals surface area contributed by atoms with Crippen LogP contribution in [-0.2, 0) is 24.8 Å². The van der Waals surface area contributed by atoms with Crippen molar-refractivity contribution in [2.45, 2.75) is 50.4 Å². The van der Waals surface area contributed by atoms with Crippen LogP contribution in [0.5, 0.6) is 0 Å². The van der Waals surface area contributed by atoms with Crippen molar-refractivity contribution < 1.29 is 24.2 Å². The van der Waals surface area contributed by atoms with Crippen molar-refractivity contribution in [1.82, 2.24) is 10.6 Å². The summed E-state index contributed by atoms with van der Waals surface area (Å²) in [4.78, 5) is 34.8. The molecule has 31 heavy (non-hydrogen) atoms. The average Bonchev–Trinajstić information content (AvgIpc) is 2.79. The number of benzene rings is 2.